The van der Waals surface area contributed by atoms with Crippen LogP contribution in [0.5, 0.6) is 0 Å². The monoisotopic (exact) mass is 361 g/mol. The summed E-state index contributed by atoms with van der Waals surface area (Å²) in [6.07, 6.45) is 1.54. The van der Waals surface area contributed by atoms with Crippen LogP contribution >= 0.6 is 11.3 Å². The number of carbonyl (C=O) groups excluding carboxylic acids is 2. The molecule has 0 aliphatic rings. The van der Waals surface area contributed by atoms with E-state index in [2.05, 4.69) is 15.3 Å². The Kier molecular flexibility index (Phi) is 4.10. The van der Waals surface area contributed by atoms with Crippen LogP contribution in [-0.2, 0) is 0 Å². The molecule has 5 nitrogen and oxygen atoms in total. The molecule has 4 aromatic rings. The van der Waals surface area contributed by atoms with Crippen LogP contribution in [0.25, 0.3) is 20.8 Å². The molecule has 6 heteroatoms. The number of para-hydroxylation sites is 1. The molecule has 2 aromatic heterocycles. The summed E-state index contributed by atoms with van der Waals surface area (Å²) in [5.74, 6) is -0.378. The van der Waals surface area contributed by atoms with Gasteiger partial charge < -0.3 is 10.3 Å². The van der Waals surface area contributed by atoms with Crippen molar-refractivity contribution in [3.63, 3.8) is 0 Å². The van der Waals surface area contributed by atoms with E-state index in [1.807, 2.05) is 48.5 Å². The van der Waals surface area contributed by atoms with Gasteiger partial charge >= 0.3 is 0 Å². The maximum atomic E-state index is 12.4. The largest absolute Gasteiger partial charge is 0.356 e. The van der Waals surface area contributed by atoms with E-state index in [9.17, 15) is 9.59 Å². The minimum absolute atomic E-state index is 0.0851. The molecule has 26 heavy (non-hydrogen) atoms. The van der Waals surface area contributed by atoms with Gasteiger partial charge in [-0.05, 0) is 37.3 Å². The molecule has 0 atom stereocenters. The predicted molar refractivity (Wildman–Crippen MR) is 104 cm³/mol. The fourth-order valence-electron chi connectivity index (χ4n) is 2.65. The number of thiazole rings is 1. The first-order valence-electron chi connectivity index (χ1n) is 8.07. The topological polar surface area (TPSA) is 74.8 Å². The SMILES string of the molecule is CC(=O)c1c[nH]c(C(=O)Nc2cccc(-c3nc4ccccc4s3)c2)c1. The molecule has 0 unspecified atom stereocenters. The maximum Gasteiger partial charge on any atom is 0.272 e. The van der Waals surface area contributed by atoms with Crippen molar-refractivity contribution in [3.05, 3.63) is 72.1 Å². The number of nitrogens with zero attached hydrogens (tertiary/aromatic N) is 1. The van der Waals surface area contributed by atoms with Crippen LogP contribution in [0.3, 0.4) is 0 Å². The summed E-state index contributed by atoms with van der Waals surface area (Å²) in [5.41, 5.74) is 3.41. The average molecular weight is 361 g/mol. The third-order valence-corrected chi connectivity index (χ3v) is 5.08. The minimum Gasteiger partial charge on any atom is -0.356 e. The summed E-state index contributed by atoms with van der Waals surface area (Å²) in [6.45, 7) is 1.46. The minimum atomic E-state index is -0.293. The molecule has 0 spiro atoms. The van der Waals surface area contributed by atoms with E-state index in [1.165, 1.54) is 13.1 Å². The van der Waals surface area contributed by atoms with Crippen LogP contribution < -0.4 is 5.32 Å². The lowest BCUT2D eigenvalue weighted by Gasteiger charge is -2.05. The zero-order valence-electron chi connectivity index (χ0n) is 13.9. The number of aromatic amines is 1. The second-order valence-electron chi connectivity index (χ2n) is 5.88. The number of anilines is 1. The Labute approximate surface area is 153 Å². The molecular formula is C20H15N3O2S. The Morgan fingerprint density at radius 2 is 1.92 bits per heavy atom. The zero-order chi connectivity index (χ0) is 18.1. The normalized spacial score (nSPS) is 10.8. The molecular weight excluding hydrogens is 346 g/mol. The lowest BCUT2D eigenvalue weighted by atomic mass is 10.2. The molecule has 0 saturated heterocycles. The van der Waals surface area contributed by atoms with Gasteiger partial charge in [0.2, 0.25) is 0 Å². The van der Waals surface area contributed by atoms with E-state index >= 15 is 0 Å². The van der Waals surface area contributed by atoms with Crippen molar-refractivity contribution in [1.29, 1.82) is 0 Å². The fourth-order valence-corrected chi connectivity index (χ4v) is 3.61. The highest BCUT2D eigenvalue weighted by molar-refractivity contribution is 7.21. The van der Waals surface area contributed by atoms with E-state index < -0.39 is 0 Å². The molecule has 2 heterocycles. The number of benzene rings is 2. The zero-order valence-corrected chi connectivity index (χ0v) is 14.8. The van der Waals surface area contributed by atoms with Gasteiger partial charge in [-0.3, -0.25) is 9.59 Å². The number of hydrogen-bond donors (Lipinski definition) is 2. The molecule has 0 aliphatic heterocycles. The highest BCUT2D eigenvalue weighted by atomic mass is 32.1. The van der Waals surface area contributed by atoms with E-state index in [1.54, 1.807) is 17.4 Å². The molecule has 0 aliphatic carbocycles. The summed E-state index contributed by atoms with van der Waals surface area (Å²) >= 11 is 1.61. The third kappa shape index (κ3) is 3.14. The molecule has 0 fully saturated rings. The summed E-state index contributed by atoms with van der Waals surface area (Å²) in [6, 6.07) is 17.1. The summed E-state index contributed by atoms with van der Waals surface area (Å²) in [5, 5.41) is 3.75. The van der Waals surface area contributed by atoms with Crippen LogP contribution in [0.1, 0.15) is 27.8 Å². The van der Waals surface area contributed by atoms with E-state index in [0.717, 1.165) is 20.8 Å². The number of Topliss-reactive ketones (excluding diaryl/α,β-unsaturated/α-hetero) is 1. The van der Waals surface area contributed by atoms with E-state index in [4.69, 9.17) is 0 Å². The molecule has 4 rings (SSSR count). The number of nitrogens with one attached hydrogen (secondary N) is 2. The van der Waals surface area contributed by atoms with E-state index in [-0.39, 0.29) is 11.7 Å². The van der Waals surface area contributed by atoms with Gasteiger partial charge in [0.05, 0.1) is 10.2 Å². The highest BCUT2D eigenvalue weighted by Gasteiger charge is 2.12. The van der Waals surface area contributed by atoms with Crippen molar-refractivity contribution in [2.24, 2.45) is 0 Å². The number of carbonyl (C=O) groups is 2. The van der Waals surface area contributed by atoms with Crippen LogP contribution in [-0.4, -0.2) is 21.7 Å². The van der Waals surface area contributed by atoms with E-state index in [0.29, 0.717) is 16.9 Å². The number of amides is 1. The average Bonchev–Trinajstić information content (AvgIpc) is 3.29. The molecule has 0 bridgehead atoms. The Morgan fingerprint density at radius 1 is 1.08 bits per heavy atom. The van der Waals surface area contributed by atoms with Gasteiger partial charge in [-0.15, -0.1) is 11.3 Å². The smallest absolute Gasteiger partial charge is 0.272 e. The Balaban J connectivity index is 1.59. The molecule has 2 aromatic carbocycles. The van der Waals surface area contributed by atoms with Gasteiger partial charge in [-0.1, -0.05) is 24.3 Å². The van der Waals surface area contributed by atoms with Crippen LogP contribution in [0.15, 0.2) is 60.8 Å². The second-order valence-corrected chi connectivity index (χ2v) is 6.91. The summed E-state index contributed by atoms with van der Waals surface area (Å²) in [4.78, 5) is 31.2. The van der Waals surface area contributed by atoms with Gasteiger partial charge in [0.15, 0.2) is 5.78 Å². The molecule has 2 N–H and O–H groups in total. The Bertz CT molecular complexity index is 1090. The van der Waals surface area contributed by atoms with Gasteiger partial charge in [0, 0.05) is 23.0 Å². The molecule has 128 valence electrons. The van der Waals surface area contributed by atoms with Crippen molar-refractivity contribution in [2.45, 2.75) is 6.92 Å². The third-order valence-electron chi connectivity index (χ3n) is 4.00. The number of hydrogen-bond acceptors (Lipinski definition) is 4. The first-order valence-corrected chi connectivity index (χ1v) is 8.88. The number of aromatic nitrogens is 2. The first kappa shape index (κ1) is 16.2. The van der Waals surface area contributed by atoms with Crippen molar-refractivity contribution in [1.82, 2.24) is 9.97 Å². The number of ketones is 1. The first-order chi connectivity index (χ1) is 12.6. The Morgan fingerprint density at radius 3 is 2.69 bits per heavy atom. The highest BCUT2D eigenvalue weighted by Crippen LogP contribution is 2.31. The predicted octanol–water partition coefficient (Wildman–Crippen LogP) is 4.75. The quantitative estimate of drug-likeness (QED) is 0.515. The summed E-state index contributed by atoms with van der Waals surface area (Å²) in [7, 11) is 0. The number of rotatable bonds is 4. The maximum absolute atomic E-state index is 12.4. The Hall–Kier alpha value is -3.25. The van der Waals surface area contributed by atoms with Crippen molar-refractivity contribution in [2.75, 3.05) is 5.32 Å². The number of H-pyrrole nitrogens is 1. The van der Waals surface area contributed by atoms with Gasteiger partial charge in [-0.25, -0.2) is 4.98 Å². The standard InChI is InChI=1S/C20H15N3O2S/c1-12(24)14-10-17(21-11-14)19(25)22-15-6-4-5-13(9-15)20-23-16-7-2-3-8-18(16)26-20/h2-11,21H,1H3,(H,22,25). The lowest BCUT2D eigenvalue weighted by Crippen LogP contribution is -2.12. The van der Waals surface area contributed by atoms with Crippen LogP contribution in [0.2, 0.25) is 0 Å². The van der Waals surface area contributed by atoms with Gasteiger partial charge in [0.1, 0.15) is 10.7 Å². The summed E-state index contributed by atoms with van der Waals surface area (Å²) < 4.78 is 1.13. The molecule has 0 saturated carbocycles. The van der Waals surface area contributed by atoms with Gasteiger partial charge in [-0.2, -0.15) is 0 Å². The van der Waals surface area contributed by atoms with Crippen LogP contribution in [0, 0.1) is 0 Å². The van der Waals surface area contributed by atoms with Gasteiger partial charge in [0.25, 0.3) is 5.91 Å². The fraction of sp³-hybridized carbons (Fsp3) is 0.0500. The van der Waals surface area contributed by atoms with Crippen molar-refractivity contribution < 1.29 is 9.59 Å². The number of fused-ring (bicyclic) bond motifs is 1. The lowest BCUT2D eigenvalue weighted by molar-refractivity contribution is 0.101. The van der Waals surface area contributed by atoms with Crippen LogP contribution in [0.4, 0.5) is 5.69 Å². The van der Waals surface area contributed by atoms with Crippen molar-refractivity contribution in [3.8, 4) is 10.6 Å². The second kappa shape index (κ2) is 6.57. The molecule has 0 radical (unpaired) electrons. The molecule has 1 amide bonds. The van der Waals surface area contributed by atoms with Crippen molar-refractivity contribution >= 4 is 38.9 Å².